The zero-order valence-electron chi connectivity index (χ0n) is 18.1. The Balaban J connectivity index is 2.36. The summed E-state index contributed by atoms with van der Waals surface area (Å²) >= 11 is 0. The highest BCUT2D eigenvalue weighted by Crippen LogP contribution is 2.44. The highest BCUT2D eigenvalue weighted by Gasteiger charge is 2.46. The number of rotatable bonds is 7. The lowest BCUT2D eigenvalue weighted by molar-refractivity contribution is 0.798. The zero-order chi connectivity index (χ0) is 19.1. The van der Waals surface area contributed by atoms with Crippen LogP contribution in [0.2, 0.25) is 16.6 Å². The molecule has 0 unspecified atom stereocenters. The molecule has 0 bridgehead atoms. The third kappa shape index (κ3) is 2.87. The molecule has 0 N–H and O–H groups in total. The van der Waals surface area contributed by atoms with Gasteiger partial charge in [-0.25, -0.2) is 0 Å². The first-order valence-electron chi connectivity index (χ1n) is 10.9. The topological polar surface area (TPSA) is 0 Å². The van der Waals surface area contributed by atoms with Gasteiger partial charge in [0.2, 0.25) is 0 Å². The Bertz CT molecular complexity index is 761. The van der Waals surface area contributed by atoms with E-state index in [0.717, 1.165) is 16.6 Å². The van der Waals surface area contributed by atoms with E-state index >= 15 is 0 Å². The first-order valence-corrected chi connectivity index (χ1v) is 13.2. The molecule has 142 valence electrons. The second-order valence-electron chi connectivity index (χ2n) is 9.40. The monoisotopic (exact) mass is 366 g/mol. The molecular weight excluding hydrogens is 328 g/mol. The average molecular weight is 367 g/mol. The van der Waals surface area contributed by atoms with Crippen LogP contribution < -0.4 is 5.19 Å². The van der Waals surface area contributed by atoms with E-state index in [1.54, 1.807) is 27.5 Å². The molecule has 0 amide bonds. The van der Waals surface area contributed by atoms with Gasteiger partial charge in [0.1, 0.15) is 0 Å². The maximum absolute atomic E-state index is 2.70. The summed E-state index contributed by atoms with van der Waals surface area (Å²) in [5.41, 5.74) is 7.31. The first kappa shape index (κ1) is 19.7. The molecule has 0 aromatic heterocycles. The van der Waals surface area contributed by atoms with Crippen molar-refractivity contribution in [2.24, 2.45) is 0 Å². The van der Waals surface area contributed by atoms with E-state index in [1.165, 1.54) is 32.1 Å². The summed E-state index contributed by atoms with van der Waals surface area (Å²) < 4.78 is 0. The van der Waals surface area contributed by atoms with Crippen molar-refractivity contribution >= 4 is 24.0 Å². The van der Waals surface area contributed by atoms with Crippen LogP contribution in [0.3, 0.4) is 0 Å². The van der Waals surface area contributed by atoms with Crippen molar-refractivity contribution in [2.45, 2.75) is 97.2 Å². The van der Waals surface area contributed by atoms with E-state index < -0.39 is 8.07 Å². The van der Waals surface area contributed by atoms with Crippen molar-refractivity contribution in [2.75, 3.05) is 0 Å². The average Bonchev–Trinajstić information content (AvgIpc) is 3.00. The summed E-state index contributed by atoms with van der Waals surface area (Å²) in [4.78, 5) is 0. The molecule has 0 spiro atoms. The molecule has 2 aromatic rings. The van der Waals surface area contributed by atoms with Crippen LogP contribution in [0.5, 0.6) is 0 Å². The lowest BCUT2D eigenvalue weighted by Crippen LogP contribution is -2.57. The molecular formula is C25H38Si. The molecule has 0 nitrogen and oxygen atoms in total. The number of hydrogen-bond acceptors (Lipinski definition) is 0. The smallest absolute Gasteiger partial charge is 0.0654 e. The van der Waals surface area contributed by atoms with Crippen LogP contribution in [0.1, 0.15) is 78.0 Å². The summed E-state index contributed by atoms with van der Waals surface area (Å²) in [6.45, 7) is 17.4. The molecule has 26 heavy (non-hydrogen) atoms. The van der Waals surface area contributed by atoms with Crippen molar-refractivity contribution in [1.82, 2.24) is 0 Å². The normalized spacial score (nSPS) is 14.4. The van der Waals surface area contributed by atoms with Gasteiger partial charge in [-0.05, 0) is 69.8 Å². The van der Waals surface area contributed by atoms with Crippen molar-refractivity contribution in [3.63, 3.8) is 0 Å². The molecule has 2 aromatic carbocycles. The summed E-state index contributed by atoms with van der Waals surface area (Å²) in [5.74, 6) is 0. The van der Waals surface area contributed by atoms with Crippen LogP contribution in [0.15, 0.2) is 24.3 Å². The standard InChI is InChI=1S/C25H38Si/c1-8-9-11-21-16-24(26(17(2)3,18(4)5)19(6)7)23-15-14-20-12-10-13-22(21)25(20)23/h10,12-13,16-19H,8-9,11,14-15H2,1-7H3. The highest BCUT2D eigenvalue weighted by atomic mass is 28.3. The van der Waals surface area contributed by atoms with E-state index in [-0.39, 0.29) is 0 Å². The highest BCUT2D eigenvalue weighted by molar-refractivity contribution is 6.95. The second-order valence-corrected chi connectivity index (χ2v) is 15.3. The van der Waals surface area contributed by atoms with Crippen molar-refractivity contribution in [1.29, 1.82) is 0 Å². The molecule has 3 rings (SSSR count). The van der Waals surface area contributed by atoms with Gasteiger partial charge in [0.15, 0.2) is 0 Å². The molecule has 1 aliphatic carbocycles. The van der Waals surface area contributed by atoms with E-state index in [4.69, 9.17) is 0 Å². The van der Waals surface area contributed by atoms with Gasteiger partial charge in [-0.2, -0.15) is 0 Å². The van der Waals surface area contributed by atoms with E-state index in [1.807, 2.05) is 5.19 Å². The number of hydrogen-bond donors (Lipinski definition) is 0. The first-order chi connectivity index (χ1) is 12.4. The fraction of sp³-hybridized carbons (Fsp3) is 0.600. The summed E-state index contributed by atoms with van der Waals surface area (Å²) in [6.07, 6.45) is 6.33. The summed E-state index contributed by atoms with van der Waals surface area (Å²) in [5, 5.41) is 5.03. The molecule has 0 radical (unpaired) electrons. The van der Waals surface area contributed by atoms with Crippen LogP contribution in [-0.2, 0) is 19.3 Å². The quantitative estimate of drug-likeness (QED) is 0.456. The SMILES string of the molecule is CCCCc1cc([Si](C(C)C)(C(C)C)C(C)C)c2c3c(cccc13)CC2. The fourth-order valence-electron chi connectivity index (χ4n) is 6.32. The van der Waals surface area contributed by atoms with Gasteiger partial charge in [-0.3, -0.25) is 0 Å². The van der Waals surface area contributed by atoms with E-state index in [9.17, 15) is 0 Å². The molecule has 0 heterocycles. The molecule has 1 aliphatic rings. The molecule has 0 fully saturated rings. The Morgan fingerprint density at radius 1 is 0.923 bits per heavy atom. The van der Waals surface area contributed by atoms with Crippen molar-refractivity contribution in [3.8, 4) is 0 Å². The molecule has 1 heteroatoms. The van der Waals surface area contributed by atoms with Crippen molar-refractivity contribution < 1.29 is 0 Å². The minimum absolute atomic E-state index is 0.781. The predicted molar refractivity (Wildman–Crippen MR) is 121 cm³/mol. The molecule has 0 aliphatic heterocycles. The number of unbranched alkanes of at least 4 members (excludes halogenated alkanes) is 1. The van der Waals surface area contributed by atoms with Gasteiger partial charge >= 0.3 is 0 Å². The van der Waals surface area contributed by atoms with E-state index in [0.29, 0.717) is 0 Å². The Morgan fingerprint density at radius 3 is 2.15 bits per heavy atom. The number of aryl methyl sites for hydroxylation is 3. The summed E-state index contributed by atoms with van der Waals surface area (Å²) in [6, 6.07) is 9.77. The fourth-order valence-corrected chi connectivity index (χ4v) is 13.4. The Morgan fingerprint density at radius 2 is 1.58 bits per heavy atom. The predicted octanol–water partition coefficient (Wildman–Crippen LogP) is 7.17. The van der Waals surface area contributed by atoms with Crippen LogP contribution in [0, 0.1) is 0 Å². The second kappa shape index (κ2) is 7.50. The van der Waals surface area contributed by atoms with Gasteiger partial charge in [0.05, 0.1) is 8.07 Å². The van der Waals surface area contributed by atoms with Crippen LogP contribution >= 0.6 is 0 Å². The lowest BCUT2D eigenvalue weighted by atomic mass is 9.96. The Labute approximate surface area is 162 Å². The third-order valence-corrected chi connectivity index (χ3v) is 14.3. The van der Waals surface area contributed by atoms with Crippen LogP contribution in [0.25, 0.3) is 10.8 Å². The van der Waals surface area contributed by atoms with Crippen LogP contribution in [-0.4, -0.2) is 8.07 Å². The molecule has 0 saturated heterocycles. The maximum atomic E-state index is 2.70. The largest absolute Gasteiger partial charge is 0.0946 e. The zero-order valence-corrected chi connectivity index (χ0v) is 19.1. The number of benzene rings is 2. The maximum Gasteiger partial charge on any atom is 0.0946 e. The third-order valence-electron chi connectivity index (χ3n) is 7.22. The minimum atomic E-state index is -1.62. The van der Waals surface area contributed by atoms with Crippen LogP contribution in [0.4, 0.5) is 0 Å². The van der Waals surface area contributed by atoms with Gasteiger partial charge in [0, 0.05) is 0 Å². The Kier molecular flexibility index (Phi) is 5.68. The molecule has 0 atom stereocenters. The van der Waals surface area contributed by atoms with E-state index in [2.05, 4.69) is 72.7 Å². The van der Waals surface area contributed by atoms with Crippen molar-refractivity contribution in [3.05, 3.63) is 41.0 Å². The Hall–Kier alpha value is -1.08. The minimum Gasteiger partial charge on any atom is -0.0654 e. The van der Waals surface area contributed by atoms with Gasteiger partial charge in [0.25, 0.3) is 0 Å². The van der Waals surface area contributed by atoms with Gasteiger partial charge in [-0.15, -0.1) is 0 Å². The van der Waals surface area contributed by atoms with Gasteiger partial charge in [-0.1, -0.05) is 84.3 Å². The lowest BCUT2D eigenvalue weighted by Gasteiger charge is -2.45. The summed E-state index contributed by atoms with van der Waals surface area (Å²) in [7, 11) is -1.62. The molecule has 0 saturated carbocycles. The van der Waals surface area contributed by atoms with Gasteiger partial charge < -0.3 is 0 Å².